The minimum absolute atomic E-state index is 0.0398. The first-order chi connectivity index (χ1) is 14.9. The first-order valence-electron chi connectivity index (χ1n) is 10.4. The van der Waals surface area contributed by atoms with Crippen molar-refractivity contribution in [2.75, 3.05) is 6.61 Å². The van der Waals surface area contributed by atoms with Crippen LogP contribution in [-0.4, -0.2) is 35.6 Å². The van der Waals surface area contributed by atoms with Gasteiger partial charge in [0.05, 0.1) is 19.4 Å². The summed E-state index contributed by atoms with van der Waals surface area (Å²) in [5.74, 6) is -1.85. The summed E-state index contributed by atoms with van der Waals surface area (Å²) >= 11 is 6.44. The lowest BCUT2D eigenvalue weighted by atomic mass is 9.99. The van der Waals surface area contributed by atoms with Crippen LogP contribution in [0.15, 0.2) is 48.5 Å². The number of carbonyl (C=O) groups excluding carboxylic acids is 2. The lowest BCUT2D eigenvalue weighted by Crippen LogP contribution is -2.38. The second kappa shape index (κ2) is 12.7. The van der Waals surface area contributed by atoms with Crippen molar-refractivity contribution >= 4 is 29.4 Å². The van der Waals surface area contributed by atoms with E-state index in [9.17, 15) is 19.5 Å². The van der Waals surface area contributed by atoms with Crippen LogP contribution in [-0.2, 0) is 25.5 Å². The predicted octanol–water partition coefficient (Wildman–Crippen LogP) is 4.63. The zero-order valence-electron chi connectivity index (χ0n) is 17.6. The smallest absolute Gasteiger partial charge is 0.306 e. The average Bonchev–Trinajstić information content (AvgIpc) is 2.74. The van der Waals surface area contributed by atoms with Crippen LogP contribution in [0.1, 0.15) is 44.6 Å². The van der Waals surface area contributed by atoms with Crippen LogP contribution < -0.4 is 5.32 Å². The minimum Gasteiger partial charge on any atom is -0.481 e. The van der Waals surface area contributed by atoms with Gasteiger partial charge in [-0.2, -0.15) is 0 Å². The number of amides is 1. The lowest BCUT2D eigenvalue weighted by Gasteiger charge is -2.18. The number of aliphatic carboxylic acids is 1. The van der Waals surface area contributed by atoms with Crippen LogP contribution in [0.2, 0.25) is 5.02 Å². The number of benzene rings is 2. The quantitative estimate of drug-likeness (QED) is 0.367. The van der Waals surface area contributed by atoms with Crippen LogP contribution in [0, 0.1) is 0 Å². The molecule has 0 aliphatic heterocycles. The van der Waals surface area contributed by atoms with Gasteiger partial charge in [0.15, 0.2) is 0 Å². The fourth-order valence-electron chi connectivity index (χ4n) is 3.09. The van der Waals surface area contributed by atoms with E-state index in [1.54, 1.807) is 0 Å². The zero-order chi connectivity index (χ0) is 22.6. The number of halogens is 1. The van der Waals surface area contributed by atoms with Gasteiger partial charge in [0.2, 0.25) is 5.91 Å². The SMILES string of the molecule is CCCCOC(=O)CCC(=O)NC(CC(=O)O)Cc1ccc(-c2ccccc2)cc1Cl. The molecule has 1 amide bonds. The van der Waals surface area contributed by atoms with Gasteiger partial charge >= 0.3 is 11.9 Å². The molecule has 2 rings (SSSR count). The largest absolute Gasteiger partial charge is 0.481 e. The zero-order valence-corrected chi connectivity index (χ0v) is 18.4. The molecule has 0 bridgehead atoms. The molecule has 2 N–H and O–H groups in total. The van der Waals surface area contributed by atoms with Crippen LogP contribution >= 0.6 is 11.6 Å². The van der Waals surface area contributed by atoms with E-state index < -0.39 is 23.9 Å². The van der Waals surface area contributed by atoms with Crippen molar-refractivity contribution in [3.63, 3.8) is 0 Å². The molecule has 7 heteroatoms. The third kappa shape index (κ3) is 8.80. The topological polar surface area (TPSA) is 92.7 Å². The van der Waals surface area contributed by atoms with Gasteiger partial charge in [0.1, 0.15) is 0 Å². The summed E-state index contributed by atoms with van der Waals surface area (Å²) in [7, 11) is 0. The second-order valence-corrected chi connectivity index (χ2v) is 7.72. The van der Waals surface area contributed by atoms with Crippen molar-refractivity contribution in [1.29, 1.82) is 0 Å². The van der Waals surface area contributed by atoms with Crippen LogP contribution in [0.25, 0.3) is 11.1 Å². The van der Waals surface area contributed by atoms with E-state index in [2.05, 4.69) is 5.32 Å². The van der Waals surface area contributed by atoms with Crippen molar-refractivity contribution in [1.82, 2.24) is 5.32 Å². The van der Waals surface area contributed by atoms with E-state index in [1.807, 2.05) is 55.5 Å². The Morgan fingerprint density at radius 3 is 2.45 bits per heavy atom. The van der Waals surface area contributed by atoms with Gasteiger partial charge in [-0.15, -0.1) is 0 Å². The Hall–Kier alpha value is -2.86. The fraction of sp³-hybridized carbons (Fsp3) is 0.375. The summed E-state index contributed by atoms with van der Waals surface area (Å²) in [6.45, 7) is 2.33. The molecule has 6 nitrogen and oxygen atoms in total. The molecule has 2 aromatic rings. The number of hydrogen-bond donors (Lipinski definition) is 2. The summed E-state index contributed by atoms with van der Waals surface area (Å²) in [5, 5.41) is 12.4. The standard InChI is InChI=1S/C24H28ClNO5/c1-2-3-13-31-24(30)12-11-22(27)26-20(16-23(28)29)14-19-10-9-18(15-21(19)25)17-7-5-4-6-8-17/h4-10,15,20H,2-3,11-14,16H2,1H3,(H,26,27)(H,28,29). The van der Waals surface area contributed by atoms with Gasteiger partial charge < -0.3 is 15.2 Å². The molecule has 2 aromatic carbocycles. The van der Waals surface area contributed by atoms with E-state index in [0.29, 0.717) is 11.6 Å². The van der Waals surface area contributed by atoms with E-state index in [1.165, 1.54) is 0 Å². The third-order valence-electron chi connectivity index (χ3n) is 4.73. The van der Waals surface area contributed by atoms with Gasteiger partial charge in [-0.3, -0.25) is 14.4 Å². The molecule has 31 heavy (non-hydrogen) atoms. The highest BCUT2D eigenvalue weighted by molar-refractivity contribution is 6.31. The number of carbonyl (C=O) groups is 3. The Bertz CT molecular complexity index is 885. The molecule has 0 saturated heterocycles. The highest BCUT2D eigenvalue weighted by Crippen LogP contribution is 2.26. The molecule has 1 atom stereocenters. The van der Waals surface area contributed by atoms with Crippen LogP contribution in [0.4, 0.5) is 0 Å². The Morgan fingerprint density at radius 1 is 1.06 bits per heavy atom. The van der Waals surface area contributed by atoms with Gasteiger partial charge in [-0.25, -0.2) is 0 Å². The molecule has 0 aliphatic carbocycles. The maximum atomic E-state index is 12.2. The van der Waals surface area contributed by atoms with Gasteiger partial charge in [-0.1, -0.05) is 67.4 Å². The molecule has 0 aliphatic rings. The average molecular weight is 446 g/mol. The first-order valence-corrected chi connectivity index (χ1v) is 10.8. The number of hydrogen-bond acceptors (Lipinski definition) is 4. The minimum atomic E-state index is -1.03. The summed E-state index contributed by atoms with van der Waals surface area (Å²) < 4.78 is 5.03. The summed E-state index contributed by atoms with van der Waals surface area (Å²) in [6.07, 6.45) is 1.63. The highest BCUT2D eigenvalue weighted by atomic mass is 35.5. The molecule has 1 unspecified atom stereocenters. The molecule has 0 saturated carbocycles. The highest BCUT2D eigenvalue weighted by Gasteiger charge is 2.19. The van der Waals surface area contributed by atoms with Gasteiger partial charge in [0, 0.05) is 17.5 Å². The molecule has 0 aromatic heterocycles. The second-order valence-electron chi connectivity index (χ2n) is 7.31. The number of carboxylic acid groups (broad SMARTS) is 1. The van der Waals surface area contributed by atoms with Crippen LogP contribution in [0.3, 0.4) is 0 Å². The molecule has 0 heterocycles. The molecule has 0 fully saturated rings. The van der Waals surface area contributed by atoms with Crippen molar-refractivity contribution < 1.29 is 24.2 Å². The van der Waals surface area contributed by atoms with E-state index in [4.69, 9.17) is 16.3 Å². The Labute approximate surface area is 187 Å². The monoisotopic (exact) mass is 445 g/mol. The number of ether oxygens (including phenoxy) is 1. The fourth-order valence-corrected chi connectivity index (χ4v) is 3.35. The van der Waals surface area contributed by atoms with Crippen LogP contribution in [0.5, 0.6) is 0 Å². The number of carboxylic acids is 1. The molecule has 0 spiro atoms. The Kier molecular flexibility index (Phi) is 10.0. The summed E-state index contributed by atoms with van der Waals surface area (Å²) in [6, 6.07) is 14.7. The third-order valence-corrected chi connectivity index (χ3v) is 5.08. The molecular formula is C24H28ClNO5. The van der Waals surface area contributed by atoms with Crippen molar-refractivity contribution in [2.24, 2.45) is 0 Å². The Balaban J connectivity index is 1.97. The summed E-state index contributed by atoms with van der Waals surface area (Å²) in [4.78, 5) is 35.2. The number of unbranched alkanes of at least 4 members (excludes halogenated alkanes) is 1. The molecule has 0 radical (unpaired) electrons. The number of rotatable bonds is 12. The summed E-state index contributed by atoms with van der Waals surface area (Å²) in [5.41, 5.74) is 2.72. The molecular weight excluding hydrogens is 418 g/mol. The van der Waals surface area contributed by atoms with Crippen molar-refractivity contribution in [3.8, 4) is 11.1 Å². The van der Waals surface area contributed by atoms with Gasteiger partial charge in [-0.05, 0) is 35.6 Å². The molecule has 166 valence electrons. The van der Waals surface area contributed by atoms with E-state index >= 15 is 0 Å². The maximum Gasteiger partial charge on any atom is 0.306 e. The predicted molar refractivity (Wildman–Crippen MR) is 120 cm³/mol. The Morgan fingerprint density at radius 2 is 1.81 bits per heavy atom. The lowest BCUT2D eigenvalue weighted by molar-refractivity contribution is -0.145. The normalized spacial score (nSPS) is 11.5. The number of esters is 1. The van der Waals surface area contributed by atoms with Crippen molar-refractivity contribution in [3.05, 3.63) is 59.1 Å². The maximum absolute atomic E-state index is 12.2. The van der Waals surface area contributed by atoms with E-state index in [0.717, 1.165) is 29.5 Å². The number of nitrogens with one attached hydrogen (secondary N) is 1. The van der Waals surface area contributed by atoms with Gasteiger partial charge in [0.25, 0.3) is 0 Å². The van der Waals surface area contributed by atoms with Crippen molar-refractivity contribution in [2.45, 2.75) is 51.5 Å². The van der Waals surface area contributed by atoms with E-state index in [-0.39, 0.29) is 25.7 Å². The first kappa shape index (κ1) is 24.4.